The molecule has 0 unspecified atom stereocenters. The number of azide groups is 2. The number of rotatable bonds is 2. The van der Waals surface area contributed by atoms with Crippen molar-refractivity contribution in [2.45, 2.75) is 0 Å². The van der Waals surface area contributed by atoms with Gasteiger partial charge in [-0.05, 0) is 21.3 Å². The van der Waals surface area contributed by atoms with Gasteiger partial charge in [0.25, 0.3) is 0 Å². The molecule has 0 aliphatic heterocycles. The molecule has 0 saturated carbocycles. The van der Waals surface area contributed by atoms with Gasteiger partial charge in [-0.1, -0.05) is 0 Å². The second-order valence-corrected chi connectivity index (χ2v) is 2.35. The smallest absolute Gasteiger partial charge is 0.177 e. The molecule has 72 valence electrons. The van der Waals surface area contributed by atoms with Gasteiger partial charge in [0.1, 0.15) is 5.52 Å². The Hall–Kier alpha value is -2.83. The number of hydrogen-bond donors (Lipinski definition) is 1. The fourth-order valence-corrected chi connectivity index (χ4v) is 1.05. The van der Waals surface area contributed by atoms with Gasteiger partial charge in [-0.25, -0.2) is 4.98 Å². The summed E-state index contributed by atoms with van der Waals surface area (Å²) >= 11 is 0. The van der Waals surface area contributed by atoms with Crippen LogP contribution in [0.4, 0.5) is 11.6 Å². The molecule has 1 N–H and O–H groups in total. The van der Waals surface area contributed by atoms with Gasteiger partial charge in [0.2, 0.25) is 0 Å². The van der Waals surface area contributed by atoms with Crippen LogP contribution in [0.5, 0.6) is 0 Å². The van der Waals surface area contributed by atoms with E-state index in [1.807, 2.05) is 0 Å². The molecule has 2 heterocycles. The van der Waals surface area contributed by atoms with Crippen molar-refractivity contribution in [2.24, 2.45) is 10.2 Å². The van der Waals surface area contributed by atoms with Crippen molar-refractivity contribution in [3.63, 3.8) is 0 Å². The summed E-state index contributed by atoms with van der Waals surface area (Å²) in [4.78, 5) is 11.7. The minimum absolute atomic E-state index is 0.0330. The van der Waals surface area contributed by atoms with Crippen LogP contribution in [0.2, 0.25) is 0 Å². The zero-order chi connectivity index (χ0) is 10.7. The van der Waals surface area contributed by atoms with Crippen LogP contribution in [0.25, 0.3) is 31.9 Å². The van der Waals surface area contributed by atoms with E-state index in [9.17, 15) is 0 Å². The second-order valence-electron chi connectivity index (χ2n) is 2.35. The summed E-state index contributed by atoms with van der Waals surface area (Å²) in [6.07, 6.45) is 1.36. The van der Waals surface area contributed by atoms with Gasteiger partial charge in [-0.3, -0.25) is 0 Å². The molecular formula is C5H2N10. The fourth-order valence-electron chi connectivity index (χ4n) is 1.05. The van der Waals surface area contributed by atoms with E-state index in [2.05, 4.69) is 40.2 Å². The van der Waals surface area contributed by atoms with Crippen LogP contribution in [0, 0.1) is 0 Å². The number of fused-ring (bicyclic) bond motifs is 1. The van der Waals surface area contributed by atoms with E-state index >= 15 is 0 Å². The topological polar surface area (TPSA) is 152 Å². The van der Waals surface area contributed by atoms with E-state index in [0.29, 0.717) is 11.0 Å². The maximum absolute atomic E-state index is 8.26. The molecule has 2 rings (SSSR count). The van der Waals surface area contributed by atoms with Crippen LogP contribution in [0.15, 0.2) is 16.6 Å². The third-order valence-corrected chi connectivity index (χ3v) is 1.59. The van der Waals surface area contributed by atoms with E-state index in [0.717, 1.165) is 0 Å². The van der Waals surface area contributed by atoms with Gasteiger partial charge >= 0.3 is 0 Å². The van der Waals surface area contributed by atoms with E-state index in [4.69, 9.17) is 11.1 Å². The molecule has 15 heavy (non-hydrogen) atoms. The standard InChI is InChI=1S/C5H2N10/c6-14-12-4-2-3(9-1-8-2)5(11-10-4)13-15-7/h1H,(H,8,9). The minimum Gasteiger partial charge on any atom is -0.343 e. The van der Waals surface area contributed by atoms with Crippen molar-refractivity contribution in [1.29, 1.82) is 0 Å². The highest BCUT2D eigenvalue weighted by molar-refractivity contribution is 5.90. The normalized spacial score (nSPS) is 9.33. The summed E-state index contributed by atoms with van der Waals surface area (Å²) in [5.41, 5.74) is 17.2. The van der Waals surface area contributed by atoms with E-state index in [1.54, 1.807) is 0 Å². The summed E-state index contributed by atoms with van der Waals surface area (Å²) in [5.74, 6) is 0.0903. The van der Waals surface area contributed by atoms with Crippen molar-refractivity contribution in [3.8, 4) is 0 Å². The maximum atomic E-state index is 8.26. The number of imidazole rings is 1. The lowest BCUT2D eigenvalue weighted by atomic mass is 10.4. The zero-order valence-electron chi connectivity index (χ0n) is 7.10. The average molecular weight is 202 g/mol. The van der Waals surface area contributed by atoms with Gasteiger partial charge in [0.15, 0.2) is 11.6 Å². The molecule has 0 aromatic carbocycles. The molecule has 10 heteroatoms. The summed E-state index contributed by atoms with van der Waals surface area (Å²) in [5, 5.41) is 13.8. The molecule has 0 fully saturated rings. The Morgan fingerprint density at radius 2 is 1.80 bits per heavy atom. The molecular weight excluding hydrogens is 200 g/mol. The van der Waals surface area contributed by atoms with Crippen molar-refractivity contribution >= 4 is 22.7 Å². The Bertz CT molecular complexity index is 545. The van der Waals surface area contributed by atoms with Crippen molar-refractivity contribution < 1.29 is 0 Å². The summed E-state index contributed by atoms with van der Waals surface area (Å²) in [7, 11) is 0. The summed E-state index contributed by atoms with van der Waals surface area (Å²) in [6.45, 7) is 0. The highest BCUT2D eigenvalue weighted by Gasteiger charge is 2.08. The molecule has 0 spiro atoms. The Balaban J connectivity index is 2.81. The van der Waals surface area contributed by atoms with Gasteiger partial charge in [0.05, 0.1) is 11.8 Å². The molecule has 0 saturated heterocycles. The molecule has 0 aliphatic rings. The minimum atomic E-state index is 0.0330. The quantitative estimate of drug-likeness (QED) is 0.451. The fraction of sp³-hybridized carbons (Fsp3) is 0. The number of nitrogens with one attached hydrogen (secondary N) is 1. The van der Waals surface area contributed by atoms with Crippen LogP contribution < -0.4 is 0 Å². The first-order chi connectivity index (χ1) is 7.36. The van der Waals surface area contributed by atoms with Crippen LogP contribution >= 0.6 is 0 Å². The molecule has 0 bridgehead atoms. The first kappa shape index (κ1) is 8.75. The second kappa shape index (κ2) is 3.50. The average Bonchev–Trinajstić information content (AvgIpc) is 2.71. The van der Waals surface area contributed by atoms with Crippen LogP contribution in [0.3, 0.4) is 0 Å². The zero-order valence-corrected chi connectivity index (χ0v) is 7.10. The monoisotopic (exact) mass is 202 g/mol. The third-order valence-electron chi connectivity index (χ3n) is 1.59. The Kier molecular flexibility index (Phi) is 2.04. The SMILES string of the molecule is [N-]=[N+]=Nc1nnc(N=[N+]=[N-])c2[nH]cnc12. The van der Waals surface area contributed by atoms with Gasteiger partial charge in [-0.15, -0.1) is 10.2 Å². The molecule has 2 aromatic rings. The largest absolute Gasteiger partial charge is 0.343 e. The number of aromatic nitrogens is 4. The molecule has 2 aromatic heterocycles. The molecule has 10 nitrogen and oxygen atoms in total. The predicted molar refractivity (Wildman–Crippen MR) is 49.3 cm³/mol. The highest BCUT2D eigenvalue weighted by atomic mass is 15.3. The lowest BCUT2D eigenvalue weighted by Gasteiger charge is -1.94. The first-order valence-electron chi connectivity index (χ1n) is 3.66. The Morgan fingerprint density at radius 1 is 1.13 bits per heavy atom. The van der Waals surface area contributed by atoms with Gasteiger partial charge < -0.3 is 4.98 Å². The van der Waals surface area contributed by atoms with Crippen molar-refractivity contribution in [1.82, 2.24) is 20.2 Å². The number of H-pyrrole nitrogens is 1. The first-order valence-corrected chi connectivity index (χ1v) is 3.66. The molecule has 0 atom stereocenters. The number of nitrogens with zero attached hydrogens (tertiary/aromatic N) is 9. The maximum Gasteiger partial charge on any atom is 0.177 e. The van der Waals surface area contributed by atoms with Crippen molar-refractivity contribution in [3.05, 3.63) is 27.2 Å². The van der Waals surface area contributed by atoms with Crippen molar-refractivity contribution in [2.75, 3.05) is 0 Å². The lowest BCUT2D eigenvalue weighted by Crippen LogP contribution is -1.83. The third kappa shape index (κ3) is 1.37. The van der Waals surface area contributed by atoms with Crippen LogP contribution in [-0.4, -0.2) is 20.2 Å². The lowest BCUT2D eigenvalue weighted by molar-refractivity contribution is 1.02. The highest BCUT2D eigenvalue weighted by Crippen LogP contribution is 2.26. The summed E-state index contributed by atoms with van der Waals surface area (Å²) < 4.78 is 0. The van der Waals surface area contributed by atoms with E-state index in [1.165, 1.54) is 6.33 Å². The molecule has 0 radical (unpaired) electrons. The van der Waals surface area contributed by atoms with E-state index < -0.39 is 0 Å². The molecule has 0 amide bonds. The molecule has 0 aliphatic carbocycles. The van der Waals surface area contributed by atoms with Gasteiger partial charge in [-0.2, -0.15) is 0 Å². The van der Waals surface area contributed by atoms with E-state index in [-0.39, 0.29) is 11.6 Å². The summed E-state index contributed by atoms with van der Waals surface area (Å²) in [6, 6.07) is 0. The van der Waals surface area contributed by atoms with Crippen LogP contribution in [0.1, 0.15) is 0 Å². The Labute approximate surface area is 81.2 Å². The predicted octanol–water partition coefficient (Wildman–Crippen LogP) is 2.24. The number of aromatic amines is 1. The van der Waals surface area contributed by atoms with Gasteiger partial charge in [0, 0.05) is 9.82 Å². The van der Waals surface area contributed by atoms with Crippen LogP contribution in [-0.2, 0) is 0 Å². The number of hydrogen-bond acceptors (Lipinski definition) is 5. The Morgan fingerprint density at radius 3 is 2.53 bits per heavy atom.